The van der Waals surface area contributed by atoms with Gasteiger partial charge in [0.05, 0.1) is 25.4 Å². The van der Waals surface area contributed by atoms with Crippen molar-refractivity contribution in [1.82, 2.24) is 10.6 Å². The minimum Gasteiger partial charge on any atom is -0.466 e. The summed E-state index contributed by atoms with van der Waals surface area (Å²) in [6, 6.07) is 16.6. The van der Waals surface area contributed by atoms with Crippen LogP contribution in [0.25, 0.3) is 11.1 Å². The van der Waals surface area contributed by atoms with E-state index in [0.29, 0.717) is 6.42 Å². The lowest BCUT2D eigenvalue weighted by Crippen LogP contribution is -2.46. The summed E-state index contributed by atoms with van der Waals surface area (Å²) in [5.74, 6) is -1.76. The van der Waals surface area contributed by atoms with E-state index in [0.717, 1.165) is 23.1 Å². The first-order valence-corrected chi connectivity index (χ1v) is 15.8. The van der Waals surface area contributed by atoms with Crippen molar-refractivity contribution in [2.24, 2.45) is 5.92 Å². The second-order valence-corrected chi connectivity index (χ2v) is 11.8. The molecule has 2 aromatic rings. The highest BCUT2D eigenvalue weighted by Gasteiger charge is 2.31. The second-order valence-electron chi connectivity index (χ2n) is 9.98. The smallest absolute Gasteiger partial charge is 0.344 e. The van der Waals surface area contributed by atoms with Gasteiger partial charge in [-0.1, -0.05) is 81.8 Å². The van der Waals surface area contributed by atoms with E-state index in [1.807, 2.05) is 61.5 Å². The number of carbonyl (C=O) groups excluding carboxylic acids is 3. The van der Waals surface area contributed by atoms with Crippen LogP contribution in [0, 0.1) is 5.92 Å². The van der Waals surface area contributed by atoms with Crippen molar-refractivity contribution in [3.63, 3.8) is 0 Å². The van der Waals surface area contributed by atoms with Crippen LogP contribution in [0.5, 0.6) is 0 Å². The highest BCUT2D eigenvalue weighted by Crippen LogP contribution is 2.43. The van der Waals surface area contributed by atoms with Crippen LogP contribution in [0.1, 0.15) is 58.9 Å². The molecule has 2 rings (SSSR count). The van der Waals surface area contributed by atoms with Crippen molar-refractivity contribution in [2.45, 2.75) is 72.1 Å². The van der Waals surface area contributed by atoms with Gasteiger partial charge in [0.1, 0.15) is 0 Å². The lowest BCUT2D eigenvalue weighted by molar-refractivity contribution is -0.170. The molecule has 0 saturated carbocycles. The van der Waals surface area contributed by atoms with E-state index in [1.165, 1.54) is 0 Å². The molecule has 3 atom stereocenters. The van der Waals surface area contributed by atoms with Crippen LogP contribution < -0.4 is 10.6 Å². The van der Waals surface area contributed by atoms with Crippen LogP contribution in [0.3, 0.4) is 0 Å². The standard InChI is InChI=1S/C30H43N2O8P/c1-5-7-13-28(34)39-30(22(3)4)40-41(36,37)21-32-26(29(35)31-19-18-27(33)38-6-2)20-23-14-16-25(17-15-23)24-11-9-8-10-12-24/h8-12,14-17,22,26,30,32H,5-7,13,18-21H2,1-4H3,(H,31,35)(H,36,37). The predicted molar refractivity (Wildman–Crippen MR) is 157 cm³/mol. The molecular formula is C30H43N2O8P. The van der Waals surface area contributed by atoms with Crippen molar-refractivity contribution in [3.8, 4) is 11.1 Å². The van der Waals surface area contributed by atoms with Gasteiger partial charge in [0.2, 0.25) is 12.2 Å². The van der Waals surface area contributed by atoms with Crippen molar-refractivity contribution in [2.75, 3.05) is 19.4 Å². The van der Waals surface area contributed by atoms with Gasteiger partial charge in [0.25, 0.3) is 0 Å². The van der Waals surface area contributed by atoms with Gasteiger partial charge in [-0.25, -0.2) is 0 Å². The first kappa shape index (κ1) is 34.2. The fourth-order valence-corrected chi connectivity index (χ4v) is 4.95. The predicted octanol–water partition coefficient (Wildman–Crippen LogP) is 4.80. The van der Waals surface area contributed by atoms with Crippen molar-refractivity contribution in [3.05, 3.63) is 60.2 Å². The molecule has 0 aliphatic rings. The zero-order chi connectivity index (χ0) is 30.3. The van der Waals surface area contributed by atoms with Gasteiger partial charge in [0.15, 0.2) is 0 Å². The molecule has 0 bridgehead atoms. The van der Waals surface area contributed by atoms with Gasteiger partial charge >= 0.3 is 19.5 Å². The third-order valence-corrected chi connectivity index (χ3v) is 7.20. The van der Waals surface area contributed by atoms with Gasteiger partial charge < -0.3 is 19.7 Å². The molecule has 3 unspecified atom stereocenters. The van der Waals surface area contributed by atoms with Crippen LogP contribution in [0.4, 0.5) is 0 Å². The van der Waals surface area contributed by atoms with Gasteiger partial charge in [-0.2, -0.15) is 0 Å². The summed E-state index contributed by atoms with van der Waals surface area (Å²) in [6.07, 6.45) is 0.0810. The Hall–Kier alpha value is -3.04. The lowest BCUT2D eigenvalue weighted by atomic mass is 10.0. The van der Waals surface area contributed by atoms with E-state index in [-0.39, 0.29) is 38.3 Å². The maximum Gasteiger partial charge on any atom is 0.344 e. The summed E-state index contributed by atoms with van der Waals surface area (Å²) < 4.78 is 28.5. The minimum absolute atomic E-state index is 0.000849. The van der Waals surface area contributed by atoms with Crippen LogP contribution in [0.15, 0.2) is 54.6 Å². The topological polar surface area (TPSA) is 140 Å². The van der Waals surface area contributed by atoms with Gasteiger partial charge in [-0.15, -0.1) is 0 Å². The maximum atomic E-state index is 13.1. The van der Waals surface area contributed by atoms with E-state index >= 15 is 0 Å². The maximum absolute atomic E-state index is 13.1. The highest BCUT2D eigenvalue weighted by molar-refractivity contribution is 7.52. The molecular weight excluding hydrogens is 547 g/mol. The van der Waals surface area contributed by atoms with Gasteiger partial charge in [-0.3, -0.25) is 28.8 Å². The Morgan fingerprint density at radius 2 is 1.59 bits per heavy atom. The number of esters is 2. The fourth-order valence-electron chi connectivity index (χ4n) is 3.82. The number of ether oxygens (including phenoxy) is 2. The van der Waals surface area contributed by atoms with Gasteiger partial charge in [0, 0.05) is 18.9 Å². The molecule has 0 heterocycles. The van der Waals surface area contributed by atoms with Crippen LogP contribution in [0.2, 0.25) is 0 Å². The molecule has 0 aliphatic heterocycles. The quantitative estimate of drug-likeness (QED) is 0.127. The minimum atomic E-state index is -4.32. The second kappa shape index (κ2) is 17.7. The third kappa shape index (κ3) is 13.0. The molecule has 2 aromatic carbocycles. The van der Waals surface area contributed by atoms with Crippen LogP contribution in [-0.2, 0) is 39.4 Å². The number of rotatable bonds is 18. The van der Waals surface area contributed by atoms with E-state index in [4.69, 9.17) is 14.0 Å². The molecule has 0 saturated heterocycles. The SMILES string of the molecule is CCCCC(=O)OC(OP(=O)(O)CNC(Cc1ccc(-c2ccccc2)cc1)C(=O)NCCC(=O)OCC)C(C)C. The van der Waals surface area contributed by atoms with Gasteiger partial charge in [-0.05, 0) is 36.5 Å². The zero-order valence-electron chi connectivity index (χ0n) is 24.3. The molecule has 0 aliphatic carbocycles. The first-order chi connectivity index (χ1) is 19.5. The first-order valence-electron chi connectivity index (χ1n) is 14.0. The highest BCUT2D eigenvalue weighted by atomic mass is 31.2. The van der Waals surface area contributed by atoms with Crippen LogP contribution in [-0.4, -0.2) is 54.5 Å². The van der Waals surface area contributed by atoms with Crippen LogP contribution >= 0.6 is 7.60 Å². The number of amides is 1. The number of nitrogens with one attached hydrogen (secondary N) is 2. The van der Waals surface area contributed by atoms with Crippen molar-refractivity contribution in [1.29, 1.82) is 0 Å². The normalized spacial score (nSPS) is 14.1. The molecule has 0 fully saturated rings. The number of benzene rings is 2. The summed E-state index contributed by atoms with van der Waals surface area (Å²) in [4.78, 5) is 47.4. The average molecular weight is 591 g/mol. The fraction of sp³-hybridized carbons (Fsp3) is 0.500. The molecule has 3 N–H and O–H groups in total. The van der Waals surface area contributed by atoms with Crippen molar-refractivity contribution < 1.29 is 37.8 Å². The Kier molecular flexibility index (Phi) is 14.8. The monoisotopic (exact) mass is 590 g/mol. The van der Waals surface area contributed by atoms with E-state index < -0.39 is 44.1 Å². The Bertz CT molecular complexity index is 1140. The molecule has 0 aromatic heterocycles. The molecule has 0 spiro atoms. The Balaban J connectivity index is 2.10. The number of hydrogen-bond acceptors (Lipinski definition) is 8. The summed E-state index contributed by atoms with van der Waals surface area (Å²) in [7, 11) is -4.32. The summed E-state index contributed by atoms with van der Waals surface area (Å²) in [6.45, 7) is 7.36. The lowest BCUT2D eigenvalue weighted by Gasteiger charge is -2.26. The number of carbonyl (C=O) groups is 3. The molecule has 1 amide bonds. The number of unbranched alkanes of at least 4 members (excludes halogenated alkanes) is 1. The largest absolute Gasteiger partial charge is 0.466 e. The van der Waals surface area contributed by atoms with E-state index in [9.17, 15) is 23.8 Å². The third-order valence-electron chi connectivity index (χ3n) is 6.08. The molecule has 41 heavy (non-hydrogen) atoms. The Morgan fingerprint density at radius 3 is 2.20 bits per heavy atom. The molecule has 11 heteroatoms. The average Bonchev–Trinajstić information content (AvgIpc) is 2.94. The van der Waals surface area contributed by atoms with E-state index in [1.54, 1.807) is 20.8 Å². The summed E-state index contributed by atoms with van der Waals surface area (Å²) in [5, 5.41) is 5.53. The number of hydrogen-bond donors (Lipinski definition) is 3. The zero-order valence-corrected chi connectivity index (χ0v) is 25.2. The van der Waals surface area contributed by atoms with E-state index in [2.05, 4.69) is 10.6 Å². The molecule has 0 radical (unpaired) electrons. The Labute approximate surface area is 242 Å². The Morgan fingerprint density at radius 1 is 0.927 bits per heavy atom. The summed E-state index contributed by atoms with van der Waals surface area (Å²) in [5.41, 5.74) is 2.89. The summed E-state index contributed by atoms with van der Waals surface area (Å²) >= 11 is 0. The molecule has 10 nitrogen and oxygen atoms in total. The van der Waals surface area contributed by atoms with Crippen molar-refractivity contribution >= 4 is 25.4 Å². The molecule has 226 valence electrons.